The summed E-state index contributed by atoms with van der Waals surface area (Å²) in [5.41, 5.74) is 1.60. The number of hydrogen-bond donors (Lipinski definition) is 1. The molecule has 0 radical (unpaired) electrons. The Balaban J connectivity index is 1.92. The molecule has 1 atom stereocenters. The van der Waals surface area contributed by atoms with E-state index < -0.39 is 0 Å². The summed E-state index contributed by atoms with van der Waals surface area (Å²) in [4.78, 5) is 25.0. The Kier molecular flexibility index (Phi) is 4.04. The van der Waals surface area contributed by atoms with Crippen molar-refractivity contribution in [3.05, 3.63) is 35.4 Å². The second-order valence-electron chi connectivity index (χ2n) is 4.75. The van der Waals surface area contributed by atoms with E-state index in [1.165, 1.54) is 0 Å². The first kappa shape index (κ1) is 13.4. The number of amides is 2. The molecular weight excluding hydrogens is 244 g/mol. The van der Waals surface area contributed by atoms with Gasteiger partial charge in [-0.3, -0.25) is 4.79 Å². The monoisotopic (exact) mass is 262 g/mol. The summed E-state index contributed by atoms with van der Waals surface area (Å²) in [7, 11) is 0. The predicted molar refractivity (Wildman–Crippen MR) is 71.0 cm³/mol. The maximum atomic E-state index is 12.1. The molecule has 5 nitrogen and oxygen atoms in total. The van der Waals surface area contributed by atoms with Crippen molar-refractivity contribution in [3.8, 4) is 0 Å². The molecule has 1 aliphatic heterocycles. The van der Waals surface area contributed by atoms with Crippen LogP contribution in [-0.4, -0.2) is 42.6 Å². The second kappa shape index (κ2) is 5.73. The Morgan fingerprint density at radius 3 is 2.84 bits per heavy atom. The van der Waals surface area contributed by atoms with E-state index in [4.69, 9.17) is 4.74 Å². The maximum Gasteiger partial charge on any atom is 0.410 e. The molecule has 0 unspecified atom stereocenters. The molecule has 1 aliphatic rings. The van der Waals surface area contributed by atoms with Gasteiger partial charge in [0.1, 0.15) is 6.61 Å². The van der Waals surface area contributed by atoms with Crippen LogP contribution in [0.25, 0.3) is 0 Å². The predicted octanol–water partition coefficient (Wildman–Crippen LogP) is 1.57. The first-order chi connectivity index (χ1) is 9.08. The minimum absolute atomic E-state index is 0.113. The van der Waals surface area contributed by atoms with Crippen molar-refractivity contribution in [3.63, 3.8) is 0 Å². The molecule has 0 aliphatic carbocycles. The molecule has 0 saturated carbocycles. The summed E-state index contributed by atoms with van der Waals surface area (Å²) < 4.78 is 4.85. The lowest BCUT2D eigenvalue weighted by Crippen LogP contribution is -2.42. The van der Waals surface area contributed by atoms with Crippen LogP contribution in [0.15, 0.2) is 24.3 Å². The number of carbonyl (C=O) groups excluding carboxylic acids is 2. The van der Waals surface area contributed by atoms with E-state index in [2.05, 4.69) is 5.32 Å². The number of hydrogen-bond acceptors (Lipinski definition) is 3. The van der Waals surface area contributed by atoms with Gasteiger partial charge < -0.3 is 15.0 Å². The van der Waals surface area contributed by atoms with Gasteiger partial charge >= 0.3 is 6.09 Å². The Bertz CT molecular complexity index is 487. The van der Waals surface area contributed by atoms with E-state index in [0.717, 1.165) is 5.56 Å². The van der Waals surface area contributed by atoms with Crippen molar-refractivity contribution < 1.29 is 14.3 Å². The zero-order chi connectivity index (χ0) is 13.8. The molecule has 0 aromatic heterocycles. The Morgan fingerprint density at radius 2 is 2.21 bits per heavy atom. The molecule has 1 aromatic carbocycles. The van der Waals surface area contributed by atoms with Crippen LogP contribution in [0, 0.1) is 6.92 Å². The summed E-state index contributed by atoms with van der Waals surface area (Å²) in [6.45, 7) is 5.26. The van der Waals surface area contributed by atoms with Crippen molar-refractivity contribution in [1.29, 1.82) is 0 Å². The van der Waals surface area contributed by atoms with Gasteiger partial charge in [-0.15, -0.1) is 0 Å². The van der Waals surface area contributed by atoms with Gasteiger partial charge in [0, 0.05) is 18.2 Å². The summed E-state index contributed by atoms with van der Waals surface area (Å²) in [5, 5.41) is 2.90. The quantitative estimate of drug-likeness (QED) is 0.896. The third-order valence-corrected chi connectivity index (χ3v) is 3.11. The summed E-state index contributed by atoms with van der Waals surface area (Å²) in [6.07, 6.45) is -0.308. The normalized spacial score (nSPS) is 16.1. The highest BCUT2D eigenvalue weighted by atomic mass is 16.6. The van der Waals surface area contributed by atoms with Crippen molar-refractivity contribution >= 4 is 12.0 Å². The fraction of sp³-hybridized carbons (Fsp3) is 0.429. The third kappa shape index (κ3) is 3.24. The van der Waals surface area contributed by atoms with Crippen LogP contribution in [0.3, 0.4) is 0 Å². The Morgan fingerprint density at radius 1 is 1.47 bits per heavy atom. The lowest BCUT2D eigenvalue weighted by Gasteiger charge is -2.20. The minimum atomic E-state index is -0.308. The zero-order valence-electron chi connectivity index (χ0n) is 11.2. The first-order valence-corrected chi connectivity index (χ1v) is 6.36. The molecule has 102 valence electrons. The van der Waals surface area contributed by atoms with E-state index in [-0.39, 0.29) is 18.0 Å². The largest absolute Gasteiger partial charge is 0.448 e. The van der Waals surface area contributed by atoms with Gasteiger partial charge in [-0.05, 0) is 25.5 Å². The van der Waals surface area contributed by atoms with E-state index in [1.807, 2.05) is 32.0 Å². The topological polar surface area (TPSA) is 58.6 Å². The molecule has 5 heteroatoms. The number of benzene rings is 1. The van der Waals surface area contributed by atoms with E-state index >= 15 is 0 Å². The van der Waals surface area contributed by atoms with Crippen molar-refractivity contribution in [2.75, 3.05) is 19.7 Å². The van der Waals surface area contributed by atoms with Crippen LogP contribution in [0.5, 0.6) is 0 Å². The number of nitrogens with zero attached hydrogens (tertiary/aromatic N) is 1. The highest BCUT2D eigenvalue weighted by Crippen LogP contribution is 2.08. The number of rotatable bonds is 4. The zero-order valence-corrected chi connectivity index (χ0v) is 11.2. The fourth-order valence-corrected chi connectivity index (χ4v) is 2.10. The standard InChI is InChI=1S/C14H18N2O3/c1-10-5-3-4-6-12(10)13(17)15-11(2)9-16-7-8-19-14(16)18/h3-6,11H,7-9H2,1-2H3,(H,15,17)/t11-/m0/s1. The van der Waals surface area contributed by atoms with Crippen LogP contribution < -0.4 is 5.32 Å². The van der Waals surface area contributed by atoms with Crippen LogP contribution >= 0.6 is 0 Å². The lowest BCUT2D eigenvalue weighted by atomic mass is 10.1. The molecule has 1 N–H and O–H groups in total. The van der Waals surface area contributed by atoms with Gasteiger partial charge in [0.05, 0.1) is 6.54 Å². The molecule has 1 heterocycles. The smallest absolute Gasteiger partial charge is 0.410 e. The number of carbonyl (C=O) groups is 2. The molecule has 1 saturated heterocycles. The molecule has 2 rings (SSSR count). The molecule has 1 aromatic rings. The van der Waals surface area contributed by atoms with Crippen molar-refractivity contribution in [2.45, 2.75) is 19.9 Å². The van der Waals surface area contributed by atoms with Crippen LogP contribution in [0.2, 0.25) is 0 Å². The highest BCUT2D eigenvalue weighted by molar-refractivity contribution is 5.95. The second-order valence-corrected chi connectivity index (χ2v) is 4.75. The molecule has 0 spiro atoms. The van der Waals surface area contributed by atoms with Gasteiger partial charge in [-0.1, -0.05) is 18.2 Å². The number of ether oxygens (including phenoxy) is 1. The van der Waals surface area contributed by atoms with E-state index in [9.17, 15) is 9.59 Å². The summed E-state index contributed by atoms with van der Waals surface area (Å²) >= 11 is 0. The van der Waals surface area contributed by atoms with Crippen molar-refractivity contribution in [1.82, 2.24) is 10.2 Å². The molecule has 2 amide bonds. The van der Waals surface area contributed by atoms with Crippen molar-refractivity contribution in [2.24, 2.45) is 0 Å². The minimum Gasteiger partial charge on any atom is -0.448 e. The number of nitrogens with one attached hydrogen (secondary N) is 1. The number of aryl methyl sites for hydroxylation is 1. The summed E-state index contributed by atoms with van der Waals surface area (Å²) in [5.74, 6) is -0.113. The third-order valence-electron chi connectivity index (χ3n) is 3.11. The average molecular weight is 262 g/mol. The van der Waals surface area contributed by atoms with Gasteiger partial charge in [0.15, 0.2) is 0 Å². The Hall–Kier alpha value is -2.04. The molecule has 1 fully saturated rings. The Labute approximate surface area is 112 Å². The van der Waals surface area contributed by atoms with E-state index in [0.29, 0.717) is 25.3 Å². The maximum absolute atomic E-state index is 12.1. The van der Waals surface area contributed by atoms with Gasteiger partial charge in [-0.2, -0.15) is 0 Å². The fourth-order valence-electron chi connectivity index (χ4n) is 2.10. The average Bonchev–Trinajstić information content (AvgIpc) is 2.75. The van der Waals surface area contributed by atoms with Crippen LogP contribution in [0.4, 0.5) is 4.79 Å². The summed E-state index contributed by atoms with van der Waals surface area (Å²) in [6, 6.07) is 7.32. The number of cyclic esters (lactones) is 1. The highest BCUT2D eigenvalue weighted by Gasteiger charge is 2.24. The first-order valence-electron chi connectivity index (χ1n) is 6.36. The molecule has 0 bridgehead atoms. The lowest BCUT2D eigenvalue weighted by molar-refractivity contribution is 0.0930. The van der Waals surface area contributed by atoms with Gasteiger partial charge in [0.25, 0.3) is 5.91 Å². The van der Waals surface area contributed by atoms with Crippen LogP contribution in [-0.2, 0) is 4.74 Å². The molecule has 19 heavy (non-hydrogen) atoms. The SMILES string of the molecule is Cc1ccccc1C(=O)N[C@@H](C)CN1CCOC1=O. The van der Waals surface area contributed by atoms with Gasteiger partial charge in [0.2, 0.25) is 0 Å². The van der Waals surface area contributed by atoms with E-state index in [1.54, 1.807) is 11.0 Å². The van der Waals surface area contributed by atoms with Gasteiger partial charge in [-0.25, -0.2) is 4.79 Å². The molecular formula is C14H18N2O3. The van der Waals surface area contributed by atoms with Crippen LogP contribution in [0.1, 0.15) is 22.8 Å².